The zero-order valence-corrected chi connectivity index (χ0v) is 12.5. The molecule has 0 bridgehead atoms. The second-order valence-corrected chi connectivity index (χ2v) is 4.78. The van der Waals surface area contributed by atoms with Crippen LogP contribution in [0.25, 0.3) is 0 Å². The summed E-state index contributed by atoms with van der Waals surface area (Å²) in [5, 5.41) is 3.42. The van der Waals surface area contributed by atoms with Crippen molar-refractivity contribution < 1.29 is 4.74 Å². The van der Waals surface area contributed by atoms with E-state index in [0.29, 0.717) is 6.61 Å². The second kappa shape index (κ2) is 7.11. The first-order chi connectivity index (χ1) is 9.80. The lowest BCUT2D eigenvalue weighted by molar-refractivity contribution is 0.340. The van der Waals surface area contributed by atoms with Gasteiger partial charge in [-0.2, -0.15) is 0 Å². The molecule has 0 aliphatic rings. The van der Waals surface area contributed by atoms with Gasteiger partial charge in [0.1, 0.15) is 5.75 Å². The normalized spacial score (nSPS) is 12.2. The van der Waals surface area contributed by atoms with Crippen molar-refractivity contribution in [1.82, 2.24) is 5.32 Å². The molecule has 0 amide bonds. The van der Waals surface area contributed by atoms with Crippen molar-refractivity contribution in [3.63, 3.8) is 0 Å². The number of hydrogen-bond donors (Lipinski definition) is 1. The maximum atomic E-state index is 5.50. The fraction of sp³-hybridized carbons (Fsp3) is 0.333. The Hall–Kier alpha value is -1.80. The Kier molecular flexibility index (Phi) is 5.19. The van der Waals surface area contributed by atoms with Crippen LogP contribution in [0.15, 0.2) is 48.5 Å². The molecule has 0 heterocycles. The van der Waals surface area contributed by atoms with Gasteiger partial charge in [0.25, 0.3) is 0 Å². The van der Waals surface area contributed by atoms with E-state index in [1.165, 1.54) is 16.7 Å². The molecular weight excluding hydrogens is 246 g/mol. The summed E-state index contributed by atoms with van der Waals surface area (Å²) in [4.78, 5) is 0. The van der Waals surface area contributed by atoms with E-state index < -0.39 is 0 Å². The van der Waals surface area contributed by atoms with Gasteiger partial charge in [0.05, 0.1) is 12.6 Å². The van der Waals surface area contributed by atoms with Crippen molar-refractivity contribution in [3.05, 3.63) is 65.2 Å². The van der Waals surface area contributed by atoms with Gasteiger partial charge in [-0.1, -0.05) is 43.3 Å². The summed E-state index contributed by atoms with van der Waals surface area (Å²) in [6.07, 6.45) is 1.05. The van der Waals surface area contributed by atoms with E-state index in [1.807, 2.05) is 26.1 Å². The molecule has 0 radical (unpaired) electrons. The Morgan fingerprint density at radius 1 is 1.00 bits per heavy atom. The highest BCUT2D eigenvalue weighted by molar-refractivity contribution is 5.39. The van der Waals surface area contributed by atoms with E-state index in [4.69, 9.17) is 4.74 Å². The van der Waals surface area contributed by atoms with Crippen molar-refractivity contribution in [2.24, 2.45) is 0 Å². The van der Waals surface area contributed by atoms with E-state index in [1.54, 1.807) is 0 Å². The number of rotatable bonds is 6. The second-order valence-electron chi connectivity index (χ2n) is 4.78. The van der Waals surface area contributed by atoms with Gasteiger partial charge in [-0.05, 0) is 49.2 Å². The molecule has 0 fully saturated rings. The van der Waals surface area contributed by atoms with Crippen molar-refractivity contribution in [2.45, 2.75) is 26.3 Å². The summed E-state index contributed by atoms with van der Waals surface area (Å²) < 4.78 is 5.50. The van der Waals surface area contributed by atoms with Crippen LogP contribution in [0.3, 0.4) is 0 Å². The predicted molar refractivity (Wildman–Crippen MR) is 84.3 cm³/mol. The lowest BCUT2D eigenvalue weighted by atomic mass is 9.93. The highest BCUT2D eigenvalue weighted by Gasteiger charge is 2.14. The molecule has 2 nitrogen and oxygen atoms in total. The zero-order chi connectivity index (χ0) is 14.4. The van der Waals surface area contributed by atoms with Crippen molar-refractivity contribution in [1.29, 1.82) is 0 Å². The number of hydrogen-bond acceptors (Lipinski definition) is 2. The highest BCUT2D eigenvalue weighted by Crippen LogP contribution is 2.26. The van der Waals surface area contributed by atoms with Crippen LogP contribution in [0.1, 0.15) is 36.6 Å². The van der Waals surface area contributed by atoms with Crippen LogP contribution in [0.4, 0.5) is 0 Å². The fourth-order valence-corrected chi connectivity index (χ4v) is 2.56. The van der Waals surface area contributed by atoms with Crippen LogP contribution < -0.4 is 10.1 Å². The summed E-state index contributed by atoms with van der Waals surface area (Å²) >= 11 is 0. The average molecular weight is 269 g/mol. The third-order valence-electron chi connectivity index (χ3n) is 3.56. The molecule has 2 heteroatoms. The van der Waals surface area contributed by atoms with Gasteiger partial charge in [-0.25, -0.2) is 0 Å². The Balaban J connectivity index is 2.31. The molecule has 1 N–H and O–H groups in total. The van der Waals surface area contributed by atoms with Crippen LogP contribution in [0.5, 0.6) is 5.75 Å². The molecule has 0 saturated heterocycles. The topological polar surface area (TPSA) is 21.3 Å². The molecule has 106 valence electrons. The third-order valence-corrected chi connectivity index (χ3v) is 3.56. The maximum Gasteiger partial charge on any atom is 0.119 e. The number of nitrogens with one attached hydrogen (secondary N) is 1. The molecule has 0 aliphatic carbocycles. The summed E-state index contributed by atoms with van der Waals surface area (Å²) in [5.74, 6) is 0.926. The SMILES string of the molecule is CCOc1ccc(C(NC)c2ccccc2CC)cc1. The van der Waals surface area contributed by atoms with Crippen LogP contribution in [-0.4, -0.2) is 13.7 Å². The van der Waals surface area contributed by atoms with E-state index in [-0.39, 0.29) is 6.04 Å². The van der Waals surface area contributed by atoms with Gasteiger partial charge < -0.3 is 10.1 Å². The standard InChI is InChI=1S/C18H23NO/c1-4-14-8-6-7-9-17(14)18(19-3)15-10-12-16(13-11-15)20-5-2/h6-13,18-19H,4-5H2,1-3H3. The van der Waals surface area contributed by atoms with E-state index in [2.05, 4.69) is 48.6 Å². The van der Waals surface area contributed by atoms with Gasteiger partial charge in [0.2, 0.25) is 0 Å². The molecule has 0 aromatic heterocycles. The molecular formula is C18H23NO. The van der Waals surface area contributed by atoms with Gasteiger partial charge in [0, 0.05) is 0 Å². The van der Waals surface area contributed by atoms with Crippen LogP contribution in [0, 0.1) is 0 Å². The third kappa shape index (κ3) is 3.20. The highest BCUT2D eigenvalue weighted by atomic mass is 16.5. The van der Waals surface area contributed by atoms with Crippen molar-refractivity contribution >= 4 is 0 Å². The predicted octanol–water partition coefficient (Wildman–Crippen LogP) is 3.96. The Labute approximate surface area is 121 Å². The molecule has 0 aliphatic heterocycles. The first-order valence-corrected chi connectivity index (χ1v) is 7.28. The van der Waals surface area contributed by atoms with Gasteiger partial charge >= 0.3 is 0 Å². The Morgan fingerprint density at radius 2 is 1.70 bits per heavy atom. The number of benzene rings is 2. The summed E-state index contributed by atoms with van der Waals surface area (Å²) in [6, 6.07) is 17.2. The molecule has 1 atom stereocenters. The molecule has 2 aromatic carbocycles. The lowest BCUT2D eigenvalue weighted by Gasteiger charge is -2.20. The number of aryl methyl sites for hydroxylation is 1. The fourth-order valence-electron chi connectivity index (χ4n) is 2.56. The van der Waals surface area contributed by atoms with E-state index >= 15 is 0 Å². The number of ether oxygens (including phenoxy) is 1. The van der Waals surface area contributed by atoms with E-state index in [9.17, 15) is 0 Å². The minimum atomic E-state index is 0.224. The molecule has 2 rings (SSSR count). The van der Waals surface area contributed by atoms with Gasteiger partial charge in [-0.3, -0.25) is 0 Å². The summed E-state index contributed by atoms with van der Waals surface area (Å²) in [6.45, 7) is 4.90. The minimum absolute atomic E-state index is 0.224. The Morgan fingerprint density at radius 3 is 2.30 bits per heavy atom. The zero-order valence-electron chi connectivity index (χ0n) is 12.5. The maximum absolute atomic E-state index is 5.50. The van der Waals surface area contributed by atoms with Crippen LogP contribution in [-0.2, 0) is 6.42 Å². The Bertz CT molecular complexity index is 533. The summed E-state index contributed by atoms with van der Waals surface area (Å²) in [5.41, 5.74) is 4.00. The molecule has 0 saturated carbocycles. The van der Waals surface area contributed by atoms with Crippen LogP contribution >= 0.6 is 0 Å². The van der Waals surface area contributed by atoms with Crippen molar-refractivity contribution in [2.75, 3.05) is 13.7 Å². The first-order valence-electron chi connectivity index (χ1n) is 7.28. The summed E-state index contributed by atoms with van der Waals surface area (Å²) in [7, 11) is 2.01. The first kappa shape index (κ1) is 14.6. The molecule has 2 aromatic rings. The smallest absolute Gasteiger partial charge is 0.119 e. The molecule has 0 spiro atoms. The molecule has 20 heavy (non-hydrogen) atoms. The van der Waals surface area contributed by atoms with Gasteiger partial charge in [0.15, 0.2) is 0 Å². The quantitative estimate of drug-likeness (QED) is 0.857. The monoisotopic (exact) mass is 269 g/mol. The minimum Gasteiger partial charge on any atom is -0.494 e. The van der Waals surface area contributed by atoms with Crippen LogP contribution in [0.2, 0.25) is 0 Å². The largest absolute Gasteiger partial charge is 0.494 e. The van der Waals surface area contributed by atoms with Gasteiger partial charge in [-0.15, -0.1) is 0 Å². The average Bonchev–Trinajstić information content (AvgIpc) is 2.50. The lowest BCUT2D eigenvalue weighted by Crippen LogP contribution is -2.19. The molecule has 1 unspecified atom stereocenters. The van der Waals surface area contributed by atoms with E-state index in [0.717, 1.165) is 12.2 Å². The van der Waals surface area contributed by atoms with Crippen molar-refractivity contribution in [3.8, 4) is 5.75 Å².